The predicted octanol–water partition coefficient (Wildman–Crippen LogP) is 4.22. The molecule has 0 bridgehead atoms. The number of benzene rings is 1. The summed E-state index contributed by atoms with van der Waals surface area (Å²) in [5.74, 6) is -0.268. The molecule has 3 rings (SSSR count). The van der Waals surface area contributed by atoms with Gasteiger partial charge in [-0.15, -0.1) is 0 Å². The van der Waals surface area contributed by atoms with Crippen LogP contribution in [0.1, 0.15) is 57.2 Å². The molecule has 0 atom stereocenters. The van der Waals surface area contributed by atoms with Crippen molar-refractivity contribution in [3.05, 3.63) is 41.0 Å². The van der Waals surface area contributed by atoms with Crippen molar-refractivity contribution in [2.45, 2.75) is 58.5 Å². The molecule has 146 valence electrons. The normalized spacial score (nSPS) is 18.1. The number of aryl methyl sites for hydroxylation is 1. The molecule has 1 aliphatic heterocycles. The standard InChI is InChI=1S/C22H29NO4/c1-6-26-19(24)17-14-22(18-8-7-15(2)13-16(17)18)9-11-23(12-10-22)20(25)27-21(3,4)5/h7-8,13-14H,6,9-12H2,1-5H3. The minimum absolute atomic E-state index is 0.219. The van der Waals surface area contributed by atoms with E-state index >= 15 is 0 Å². The van der Waals surface area contributed by atoms with Crippen molar-refractivity contribution < 1.29 is 19.1 Å². The van der Waals surface area contributed by atoms with Crippen molar-refractivity contribution in [3.63, 3.8) is 0 Å². The fraction of sp³-hybridized carbons (Fsp3) is 0.545. The summed E-state index contributed by atoms with van der Waals surface area (Å²) in [5.41, 5.74) is 3.19. The number of fused-ring (bicyclic) bond motifs is 2. The van der Waals surface area contributed by atoms with Gasteiger partial charge in [0.1, 0.15) is 5.60 Å². The van der Waals surface area contributed by atoms with Crippen LogP contribution in [0.4, 0.5) is 4.79 Å². The minimum Gasteiger partial charge on any atom is -0.462 e. The first-order chi connectivity index (χ1) is 12.6. The maximum absolute atomic E-state index is 12.5. The molecule has 1 aromatic rings. The smallest absolute Gasteiger partial charge is 0.410 e. The van der Waals surface area contributed by atoms with Crippen LogP contribution >= 0.6 is 0 Å². The van der Waals surface area contributed by atoms with Crippen LogP contribution in [0.3, 0.4) is 0 Å². The zero-order chi connectivity index (χ0) is 19.8. The second kappa shape index (κ2) is 7.02. The quantitative estimate of drug-likeness (QED) is 0.730. The Morgan fingerprint density at radius 3 is 2.44 bits per heavy atom. The van der Waals surface area contributed by atoms with E-state index in [1.807, 2.05) is 34.6 Å². The van der Waals surface area contributed by atoms with Crippen LogP contribution < -0.4 is 0 Å². The summed E-state index contributed by atoms with van der Waals surface area (Å²) in [6, 6.07) is 6.27. The molecular formula is C22H29NO4. The number of hydrogen-bond donors (Lipinski definition) is 0. The highest BCUT2D eigenvalue weighted by Gasteiger charge is 2.43. The summed E-state index contributed by atoms with van der Waals surface area (Å²) >= 11 is 0. The molecule has 1 heterocycles. The van der Waals surface area contributed by atoms with Crippen molar-refractivity contribution in [2.75, 3.05) is 19.7 Å². The topological polar surface area (TPSA) is 55.8 Å². The summed E-state index contributed by atoms with van der Waals surface area (Å²) in [6.07, 6.45) is 3.34. The lowest BCUT2D eigenvalue weighted by atomic mass is 9.74. The molecule has 0 saturated carbocycles. The third-order valence-electron chi connectivity index (χ3n) is 5.22. The van der Waals surface area contributed by atoms with E-state index in [1.165, 1.54) is 5.56 Å². The highest BCUT2D eigenvalue weighted by Crippen LogP contribution is 2.47. The predicted molar refractivity (Wildman–Crippen MR) is 105 cm³/mol. The second-order valence-electron chi connectivity index (χ2n) is 8.45. The molecule has 0 aromatic heterocycles. The first-order valence-corrected chi connectivity index (χ1v) is 9.64. The van der Waals surface area contributed by atoms with Crippen LogP contribution in [0, 0.1) is 6.92 Å². The lowest BCUT2D eigenvalue weighted by Crippen LogP contribution is -2.45. The lowest BCUT2D eigenvalue weighted by molar-refractivity contribution is -0.136. The van der Waals surface area contributed by atoms with Crippen molar-refractivity contribution in [1.29, 1.82) is 0 Å². The SMILES string of the molecule is CCOC(=O)C1=CC2(CCN(C(=O)OC(C)(C)C)CC2)c2ccc(C)cc21. The molecule has 1 aromatic carbocycles. The maximum atomic E-state index is 12.5. The molecule has 0 radical (unpaired) electrons. The number of hydrogen-bond acceptors (Lipinski definition) is 4. The van der Waals surface area contributed by atoms with Gasteiger partial charge in [-0.3, -0.25) is 0 Å². The summed E-state index contributed by atoms with van der Waals surface area (Å²) in [6.45, 7) is 11.0. The average Bonchev–Trinajstić information content (AvgIpc) is 2.88. The molecule has 5 heteroatoms. The number of allylic oxidation sites excluding steroid dienone is 1. The summed E-state index contributed by atoms with van der Waals surface area (Å²) in [7, 11) is 0. The first kappa shape index (κ1) is 19.5. The van der Waals surface area contributed by atoms with E-state index in [9.17, 15) is 9.59 Å². The van der Waals surface area contributed by atoms with Crippen LogP contribution in [-0.2, 0) is 19.7 Å². The van der Waals surface area contributed by atoms with E-state index in [-0.39, 0.29) is 17.5 Å². The molecule has 0 N–H and O–H groups in total. The van der Waals surface area contributed by atoms with E-state index in [0.29, 0.717) is 25.3 Å². The van der Waals surface area contributed by atoms with Gasteiger partial charge in [0, 0.05) is 18.5 Å². The Hall–Kier alpha value is -2.30. The van der Waals surface area contributed by atoms with Gasteiger partial charge in [0.2, 0.25) is 0 Å². The fourth-order valence-corrected chi connectivity index (χ4v) is 3.95. The molecule has 1 amide bonds. The van der Waals surface area contributed by atoms with E-state index in [0.717, 1.165) is 24.0 Å². The number of carbonyl (C=O) groups is 2. The highest BCUT2D eigenvalue weighted by molar-refractivity contribution is 6.18. The monoisotopic (exact) mass is 371 g/mol. The minimum atomic E-state index is -0.499. The summed E-state index contributed by atoms with van der Waals surface area (Å²) < 4.78 is 10.8. The number of carbonyl (C=O) groups excluding carboxylic acids is 2. The van der Waals surface area contributed by atoms with E-state index in [4.69, 9.17) is 9.47 Å². The summed E-state index contributed by atoms with van der Waals surface area (Å²) in [4.78, 5) is 26.6. The van der Waals surface area contributed by atoms with Gasteiger partial charge >= 0.3 is 12.1 Å². The van der Waals surface area contributed by atoms with Gasteiger partial charge in [0.15, 0.2) is 0 Å². The highest BCUT2D eigenvalue weighted by atomic mass is 16.6. The summed E-state index contributed by atoms with van der Waals surface area (Å²) in [5, 5.41) is 0. The Balaban J connectivity index is 1.85. The Labute approximate surface area is 161 Å². The van der Waals surface area contributed by atoms with Gasteiger partial charge < -0.3 is 14.4 Å². The van der Waals surface area contributed by atoms with Gasteiger partial charge in [-0.25, -0.2) is 9.59 Å². The van der Waals surface area contributed by atoms with Gasteiger partial charge in [-0.1, -0.05) is 29.8 Å². The molecule has 1 fully saturated rings. The largest absolute Gasteiger partial charge is 0.462 e. The Bertz CT molecular complexity index is 780. The van der Waals surface area contributed by atoms with Gasteiger partial charge in [0.05, 0.1) is 12.2 Å². The number of likely N-dealkylation sites (tertiary alicyclic amines) is 1. The lowest BCUT2D eigenvalue weighted by Gasteiger charge is -2.39. The molecule has 1 aliphatic carbocycles. The number of ether oxygens (including phenoxy) is 2. The van der Waals surface area contributed by atoms with Gasteiger partial charge in [-0.2, -0.15) is 0 Å². The zero-order valence-electron chi connectivity index (χ0n) is 16.9. The Morgan fingerprint density at radius 1 is 1.19 bits per heavy atom. The van der Waals surface area contributed by atoms with Gasteiger partial charge in [0.25, 0.3) is 0 Å². The Kier molecular flexibility index (Phi) is 5.06. The third kappa shape index (κ3) is 3.87. The van der Waals surface area contributed by atoms with E-state index in [1.54, 1.807) is 4.90 Å². The average molecular weight is 371 g/mol. The first-order valence-electron chi connectivity index (χ1n) is 9.64. The number of rotatable bonds is 2. The number of amides is 1. The van der Waals surface area contributed by atoms with Crippen molar-refractivity contribution >= 4 is 17.6 Å². The van der Waals surface area contributed by atoms with Crippen LogP contribution in [0.15, 0.2) is 24.3 Å². The van der Waals surface area contributed by atoms with E-state index < -0.39 is 5.60 Å². The molecule has 1 saturated heterocycles. The molecule has 5 nitrogen and oxygen atoms in total. The molecule has 0 unspecified atom stereocenters. The van der Waals surface area contributed by atoms with Crippen molar-refractivity contribution in [2.24, 2.45) is 0 Å². The van der Waals surface area contributed by atoms with Crippen molar-refractivity contribution in [1.82, 2.24) is 4.90 Å². The maximum Gasteiger partial charge on any atom is 0.410 e. The third-order valence-corrected chi connectivity index (χ3v) is 5.22. The number of piperidine rings is 1. The van der Waals surface area contributed by atoms with Gasteiger partial charge in [-0.05, 0) is 58.6 Å². The van der Waals surface area contributed by atoms with Crippen LogP contribution in [0.5, 0.6) is 0 Å². The van der Waals surface area contributed by atoms with Crippen molar-refractivity contribution in [3.8, 4) is 0 Å². The molecule has 27 heavy (non-hydrogen) atoms. The van der Waals surface area contributed by atoms with Crippen LogP contribution in [0.2, 0.25) is 0 Å². The zero-order valence-corrected chi connectivity index (χ0v) is 16.9. The fourth-order valence-electron chi connectivity index (χ4n) is 3.95. The molecule has 2 aliphatic rings. The number of nitrogens with zero attached hydrogens (tertiary/aromatic N) is 1. The van der Waals surface area contributed by atoms with Crippen LogP contribution in [-0.4, -0.2) is 42.3 Å². The molecular weight excluding hydrogens is 342 g/mol. The molecule has 1 spiro atoms. The number of esters is 1. The van der Waals surface area contributed by atoms with E-state index in [2.05, 4.69) is 24.3 Å². The van der Waals surface area contributed by atoms with Crippen LogP contribution in [0.25, 0.3) is 5.57 Å². The second-order valence-corrected chi connectivity index (χ2v) is 8.45. The Morgan fingerprint density at radius 2 is 1.85 bits per heavy atom.